The molecule has 0 bridgehead atoms. The van der Waals surface area contributed by atoms with E-state index in [0.29, 0.717) is 10.0 Å². The Kier molecular flexibility index (Phi) is 3.58. The van der Waals surface area contributed by atoms with E-state index in [1.54, 1.807) is 6.07 Å². The van der Waals surface area contributed by atoms with E-state index in [9.17, 15) is 4.39 Å². The quantitative estimate of drug-likeness (QED) is 0.409. The highest BCUT2D eigenvalue weighted by Crippen LogP contribution is 2.24. The van der Waals surface area contributed by atoms with Gasteiger partial charge in [-0.25, -0.2) is 4.39 Å². The molecule has 0 saturated carbocycles. The second kappa shape index (κ2) is 4.05. The van der Waals surface area contributed by atoms with Crippen molar-refractivity contribution in [3.05, 3.63) is 31.6 Å². The minimum absolute atomic E-state index is 0.212. The predicted octanol–water partition coefficient (Wildman–Crippen LogP) is 3.93. The summed E-state index contributed by atoms with van der Waals surface area (Å²) >= 11 is 10.7. The van der Waals surface area contributed by atoms with Gasteiger partial charge in [-0.2, -0.15) is 0 Å². The van der Waals surface area contributed by atoms with Gasteiger partial charge in [0.2, 0.25) is 0 Å². The van der Waals surface area contributed by atoms with Crippen LogP contribution < -0.4 is 0 Å². The van der Waals surface area contributed by atoms with Gasteiger partial charge in [0.15, 0.2) is 0 Å². The summed E-state index contributed by atoms with van der Waals surface area (Å²) in [6.07, 6.45) is 0. The summed E-state index contributed by atoms with van der Waals surface area (Å²) in [6.45, 7) is 0. The van der Waals surface area contributed by atoms with Crippen molar-refractivity contribution in [2.24, 2.45) is 0 Å². The molecule has 0 saturated heterocycles. The van der Waals surface area contributed by atoms with Crippen molar-refractivity contribution >= 4 is 50.1 Å². The molecule has 0 N–H and O–H groups in total. The first kappa shape index (κ1) is 9.74. The second-order valence-electron chi connectivity index (χ2n) is 1.96. The Bertz CT molecular complexity index is 277. The maximum atomic E-state index is 13.1. The monoisotopic (exact) mass is 348 g/mol. The van der Waals surface area contributed by atoms with Gasteiger partial charge >= 0.3 is 0 Å². The molecule has 0 spiro atoms. The lowest BCUT2D eigenvalue weighted by Crippen LogP contribution is -1.91. The lowest BCUT2D eigenvalue weighted by atomic mass is 10.2. The van der Waals surface area contributed by atoms with Gasteiger partial charge in [0.25, 0.3) is 0 Å². The average Bonchev–Trinajstić information content (AvgIpc) is 1.99. The zero-order valence-corrected chi connectivity index (χ0v) is 9.87. The molecule has 1 aromatic rings. The van der Waals surface area contributed by atoms with Crippen molar-refractivity contribution in [2.45, 2.75) is 5.88 Å². The highest BCUT2D eigenvalue weighted by atomic mass is 127. The molecule has 0 aliphatic carbocycles. The minimum Gasteiger partial charge on any atom is -0.205 e. The second-order valence-corrected chi connectivity index (χ2v) is 4.24. The van der Waals surface area contributed by atoms with Crippen LogP contribution in [0, 0.1) is 9.39 Å². The molecule has 11 heavy (non-hydrogen) atoms. The molecular weight excluding hydrogens is 345 g/mol. The van der Waals surface area contributed by atoms with Gasteiger partial charge < -0.3 is 0 Å². The number of alkyl halides is 1. The summed E-state index contributed by atoms with van der Waals surface area (Å²) in [5.41, 5.74) is 0.557. The number of hydrogen-bond acceptors (Lipinski definition) is 0. The molecule has 0 fully saturated rings. The van der Waals surface area contributed by atoms with E-state index in [0.717, 1.165) is 3.57 Å². The molecule has 0 aliphatic rings. The Morgan fingerprint density at radius 1 is 1.55 bits per heavy atom. The average molecular weight is 349 g/mol. The largest absolute Gasteiger partial charge is 0.205 e. The summed E-state index contributed by atoms with van der Waals surface area (Å²) in [4.78, 5) is 0. The summed E-state index contributed by atoms with van der Waals surface area (Å²) in [5, 5.41) is 0. The van der Waals surface area contributed by atoms with E-state index in [-0.39, 0.29) is 11.7 Å². The minimum atomic E-state index is -0.257. The summed E-state index contributed by atoms with van der Waals surface area (Å²) in [6, 6.07) is 3.50. The van der Waals surface area contributed by atoms with Gasteiger partial charge in [0.05, 0.1) is 10.4 Å². The van der Waals surface area contributed by atoms with Crippen LogP contribution in [0.1, 0.15) is 5.56 Å². The van der Waals surface area contributed by atoms with Crippen molar-refractivity contribution < 1.29 is 4.39 Å². The Morgan fingerprint density at radius 3 is 2.64 bits per heavy atom. The van der Waals surface area contributed by atoms with Crippen molar-refractivity contribution in [1.29, 1.82) is 0 Å². The van der Waals surface area contributed by atoms with Gasteiger partial charge in [-0.15, -0.1) is 11.6 Å². The topological polar surface area (TPSA) is 0 Å². The Labute approximate surface area is 91.4 Å². The fourth-order valence-corrected chi connectivity index (χ4v) is 2.16. The highest BCUT2D eigenvalue weighted by molar-refractivity contribution is 14.1. The molecule has 0 radical (unpaired) electrons. The molecule has 0 unspecified atom stereocenters. The van der Waals surface area contributed by atoms with Gasteiger partial charge in [0, 0.05) is 9.13 Å². The molecule has 4 heteroatoms. The number of hydrogen-bond donors (Lipinski definition) is 0. The lowest BCUT2D eigenvalue weighted by Gasteiger charge is -2.02. The van der Waals surface area contributed by atoms with Crippen LogP contribution in [0.25, 0.3) is 0 Å². The summed E-state index contributed by atoms with van der Waals surface area (Å²) in [7, 11) is 0. The SMILES string of the molecule is Fc1c(Br)ccc(I)c1CCl. The standard InChI is InChI=1S/C7H4BrClFI/c8-5-1-2-6(11)4(3-9)7(5)10/h1-2H,3H2. The van der Waals surface area contributed by atoms with E-state index in [1.807, 2.05) is 6.07 Å². The van der Waals surface area contributed by atoms with E-state index in [1.165, 1.54) is 0 Å². The molecule has 0 nitrogen and oxygen atoms in total. The number of rotatable bonds is 1. The van der Waals surface area contributed by atoms with Gasteiger partial charge in [-0.3, -0.25) is 0 Å². The fraction of sp³-hybridized carbons (Fsp3) is 0.143. The Hall–Kier alpha value is 0.650. The van der Waals surface area contributed by atoms with Crippen molar-refractivity contribution in [3.63, 3.8) is 0 Å². The third-order valence-electron chi connectivity index (χ3n) is 1.27. The first-order valence-corrected chi connectivity index (χ1v) is 5.25. The third kappa shape index (κ3) is 2.06. The van der Waals surface area contributed by atoms with Crippen LogP contribution in [0.5, 0.6) is 0 Å². The zero-order valence-electron chi connectivity index (χ0n) is 5.37. The third-order valence-corrected chi connectivity index (χ3v) is 3.16. The predicted molar refractivity (Wildman–Crippen MR) is 56.4 cm³/mol. The first-order chi connectivity index (χ1) is 5.16. The Balaban J connectivity index is 3.29. The van der Waals surface area contributed by atoms with Crippen LogP contribution in [0.3, 0.4) is 0 Å². The van der Waals surface area contributed by atoms with Crippen LogP contribution >= 0.6 is 50.1 Å². The van der Waals surface area contributed by atoms with Crippen LogP contribution in [-0.2, 0) is 5.88 Å². The normalized spacial score (nSPS) is 10.2. The van der Waals surface area contributed by atoms with E-state index < -0.39 is 0 Å². The molecule has 1 aromatic carbocycles. The Morgan fingerprint density at radius 2 is 2.18 bits per heavy atom. The smallest absolute Gasteiger partial charge is 0.142 e. The molecule has 60 valence electrons. The van der Waals surface area contributed by atoms with Crippen molar-refractivity contribution in [1.82, 2.24) is 0 Å². The summed E-state index contributed by atoms with van der Waals surface area (Å²) in [5.74, 6) is -0.0456. The van der Waals surface area contributed by atoms with Gasteiger partial charge in [0.1, 0.15) is 5.82 Å². The van der Waals surface area contributed by atoms with Crippen molar-refractivity contribution in [3.8, 4) is 0 Å². The zero-order chi connectivity index (χ0) is 8.43. The molecular formula is C7H4BrClFI. The lowest BCUT2D eigenvalue weighted by molar-refractivity contribution is 0.609. The van der Waals surface area contributed by atoms with Crippen molar-refractivity contribution in [2.75, 3.05) is 0 Å². The molecule has 0 amide bonds. The van der Waals surface area contributed by atoms with Crippen LogP contribution in [0.15, 0.2) is 16.6 Å². The molecule has 0 heterocycles. The maximum absolute atomic E-state index is 13.1. The number of benzene rings is 1. The van der Waals surface area contributed by atoms with Crippen LogP contribution in [0.2, 0.25) is 0 Å². The molecule has 1 rings (SSSR count). The fourth-order valence-electron chi connectivity index (χ4n) is 0.692. The maximum Gasteiger partial charge on any atom is 0.142 e. The summed E-state index contributed by atoms with van der Waals surface area (Å²) < 4.78 is 14.5. The highest BCUT2D eigenvalue weighted by Gasteiger charge is 2.08. The van der Waals surface area contributed by atoms with Gasteiger partial charge in [-0.1, -0.05) is 0 Å². The van der Waals surface area contributed by atoms with Gasteiger partial charge in [-0.05, 0) is 50.7 Å². The van der Waals surface area contributed by atoms with E-state index in [4.69, 9.17) is 11.6 Å². The van der Waals surface area contributed by atoms with E-state index >= 15 is 0 Å². The van der Waals surface area contributed by atoms with Crippen LogP contribution in [0.4, 0.5) is 4.39 Å². The molecule has 0 atom stereocenters. The number of halogens is 4. The van der Waals surface area contributed by atoms with E-state index in [2.05, 4.69) is 38.5 Å². The molecule has 0 aliphatic heterocycles. The first-order valence-electron chi connectivity index (χ1n) is 2.85. The van der Waals surface area contributed by atoms with Crippen LogP contribution in [-0.4, -0.2) is 0 Å². The molecule has 0 aromatic heterocycles.